The second-order valence-corrected chi connectivity index (χ2v) is 7.44. The molecule has 2 aromatic rings. The standard InChI is InChI=1S/C21H24N4O2/c1-15-7-9-16(10-8-15)24-13-3-11-21(20(24)27)12-4-14-25(21)19(26)17-5-2-6-18(22)23-17/h2,5-10H,3-4,11-14H2,1H3,(H2,22,23). The predicted molar refractivity (Wildman–Crippen MR) is 104 cm³/mol. The molecular formula is C21H24N4O2. The Bertz CT molecular complexity index is 880. The van der Waals surface area contributed by atoms with Crippen LogP contribution in [0.25, 0.3) is 0 Å². The zero-order valence-corrected chi connectivity index (χ0v) is 15.5. The summed E-state index contributed by atoms with van der Waals surface area (Å²) in [6.07, 6.45) is 3.08. The van der Waals surface area contributed by atoms with Gasteiger partial charge in [0, 0.05) is 18.8 Å². The molecule has 2 N–H and O–H groups in total. The number of amides is 2. The Hall–Kier alpha value is -2.89. The SMILES string of the molecule is Cc1ccc(N2CCCC3(CCCN3C(=O)c3cccc(N)n3)C2=O)cc1. The number of hydrogen-bond acceptors (Lipinski definition) is 4. The van der Waals surface area contributed by atoms with Gasteiger partial charge in [-0.3, -0.25) is 9.59 Å². The van der Waals surface area contributed by atoms with E-state index in [4.69, 9.17) is 5.73 Å². The summed E-state index contributed by atoms with van der Waals surface area (Å²) in [5.41, 5.74) is 7.33. The second kappa shape index (κ2) is 6.68. The first-order valence-corrected chi connectivity index (χ1v) is 9.44. The number of nitrogens with two attached hydrogens (primary N) is 1. The van der Waals surface area contributed by atoms with Crippen LogP contribution in [0.4, 0.5) is 11.5 Å². The van der Waals surface area contributed by atoms with E-state index in [2.05, 4.69) is 4.98 Å². The van der Waals surface area contributed by atoms with Crippen molar-refractivity contribution in [2.24, 2.45) is 0 Å². The third-order valence-electron chi connectivity index (χ3n) is 5.68. The number of carbonyl (C=O) groups excluding carboxylic acids is 2. The Kier molecular flexibility index (Phi) is 4.34. The molecule has 140 valence electrons. The summed E-state index contributed by atoms with van der Waals surface area (Å²) in [4.78, 5) is 34.4. The van der Waals surface area contributed by atoms with Crippen LogP contribution >= 0.6 is 0 Å². The summed E-state index contributed by atoms with van der Waals surface area (Å²) in [6, 6.07) is 13.0. The quantitative estimate of drug-likeness (QED) is 0.889. The summed E-state index contributed by atoms with van der Waals surface area (Å²) in [5, 5.41) is 0. The van der Waals surface area contributed by atoms with Crippen molar-refractivity contribution in [2.45, 2.75) is 38.1 Å². The van der Waals surface area contributed by atoms with Gasteiger partial charge in [0.1, 0.15) is 17.1 Å². The number of anilines is 2. The molecule has 1 unspecified atom stereocenters. The van der Waals surface area contributed by atoms with E-state index in [-0.39, 0.29) is 11.8 Å². The first-order valence-electron chi connectivity index (χ1n) is 9.44. The molecule has 6 heteroatoms. The van der Waals surface area contributed by atoms with Gasteiger partial charge >= 0.3 is 0 Å². The maximum Gasteiger partial charge on any atom is 0.273 e. The van der Waals surface area contributed by atoms with Gasteiger partial charge in [-0.25, -0.2) is 4.98 Å². The number of carbonyl (C=O) groups is 2. The highest BCUT2D eigenvalue weighted by Gasteiger charge is 2.53. The minimum atomic E-state index is -0.771. The van der Waals surface area contributed by atoms with Crippen LogP contribution in [0.2, 0.25) is 0 Å². The van der Waals surface area contributed by atoms with Crippen molar-refractivity contribution in [1.82, 2.24) is 9.88 Å². The van der Waals surface area contributed by atoms with Crippen LogP contribution in [0.15, 0.2) is 42.5 Å². The number of pyridine rings is 1. The molecule has 2 fully saturated rings. The van der Waals surface area contributed by atoms with Gasteiger partial charge in [-0.05, 0) is 56.9 Å². The molecule has 2 aliphatic rings. The van der Waals surface area contributed by atoms with Crippen molar-refractivity contribution in [1.29, 1.82) is 0 Å². The Morgan fingerprint density at radius 3 is 2.48 bits per heavy atom. The Labute approximate surface area is 159 Å². The molecule has 1 aromatic carbocycles. The van der Waals surface area contributed by atoms with E-state index in [0.29, 0.717) is 37.4 Å². The van der Waals surface area contributed by atoms with Crippen LogP contribution in [0.3, 0.4) is 0 Å². The largest absolute Gasteiger partial charge is 0.384 e. The summed E-state index contributed by atoms with van der Waals surface area (Å²) in [6.45, 7) is 3.28. The first kappa shape index (κ1) is 17.5. The molecule has 0 radical (unpaired) electrons. The second-order valence-electron chi connectivity index (χ2n) is 7.44. The van der Waals surface area contributed by atoms with Crippen molar-refractivity contribution in [3.8, 4) is 0 Å². The highest BCUT2D eigenvalue weighted by atomic mass is 16.2. The summed E-state index contributed by atoms with van der Waals surface area (Å²) in [5.74, 6) is 0.122. The lowest BCUT2D eigenvalue weighted by Crippen LogP contribution is -2.61. The normalized spacial score (nSPS) is 22.5. The van der Waals surface area contributed by atoms with Crippen LogP contribution in [0.5, 0.6) is 0 Å². The van der Waals surface area contributed by atoms with E-state index in [9.17, 15) is 9.59 Å². The third-order valence-corrected chi connectivity index (χ3v) is 5.68. The number of piperidine rings is 1. The van der Waals surface area contributed by atoms with E-state index in [1.54, 1.807) is 23.1 Å². The highest BCUT2D eigenvalue weighted by molar-refractivity contribution is 6.05. The van der Waals surface area contributed by atoms with Crippen LogP contribution < -0.4 is 10.6 Å². The number of aromatic nitrogens is 1. The summed E-state index contributed by atoms with van der Waals surface area (Å²) >= 11 is 0. The molecular weight excluding hydrogens is 340 g/mol. The zero-order chi connectivity index (χ0) is 19.0. The van der Waals surface area contributed by atoms with Gasteiger partial charge in [0.2, 0.25) is 0 Å². The third kappa shape index (κ3) is 2.95. The number of nitrogen functional groups attached to an aromatic ring is 1. The highest BCUT2D eigenvalue weighted by Crippen LogP contribution is 2.40. The van der Waals surface area contributed by atoms with Crippen molar-refractivity contribution in [3.63, 3.8) is 0 Å². The number of likely N-dealkylation sites (tertiary alicyclic amines) is 1. The predicted octanol–water partition coefficient (Wildman–Crippen LogP) is 2.77. The Morgan fingerprint density at radius 1 is 1.07 bits per heavy atom. The molecule has 1 aromatic heterocycles. The maximum atomic E-state index is 13.5. The minimum Gasteiger partial charge on any atom is -0.384 e. The Balaban J connectivity index is 1.66. The van der Waals surface area contributed by atoms with Gasteiger partial charge in [0.25, 0.3) is 11.8 Å². The van der Waals surface area contributed by atoms with Gasteiger partial charge in [-0.2, -0.15) is 0 Å². The van der Waals surface area contributed by atoms with Gasteiger partial charge in [-0.15, -0.1) is 0 Å². The number of benzene rings is 1. The lowest BCUT2D eigenvalue weighted by molar-refractivity contribution is -0.130. The molecule has 0 bridgehead atoms. The lowest BCUT2D eigenvalue weighted by atomic mass is 9.84. The topological polar surface area (TPSA) is 79.5 Å². The smallest absolute Gasteiger partial charge is 0.273 e. The zero-order valence-electron chi connectivity index (χ0n) is 15.5. The molecule has 4 rings (SSSR count). The molecule has 1 spiro atoms. The van der Waals surface area contributed by atoms with E-state index in [0.717, 1.165) is 24.1 Å². The maximum absolute atomic E-state index is 13.5. The van der Waals surface area contributed by atoms with Crippen LogP contribution in [-0.2, 0) is 4.79 Å². The summed E-state index contributed by atoms with van der Waals surface area (Å²) < 4.78 is 0. The molecule has 0 saturated carbocycles. The molecule has 3 heterocycles. The van der Waals surface area contributed by atoms with Gasteiger partial charge in [0.05, 0.1) is 0 Å². The number of rotatable bonds is 2. The van der Waals surface area contributed by atoms with Gasteiger partial charge in [-0.1, -0.05) is 23.8 Å². The average molecular weight is 364 g/mol. The van der Waals surface area contributed by atoms with Crippen LogP contribution in [-0.4, -0.2) is 40.3 Å². The van der Waals surface area contributed by atoms with Crippen molar-refractivity contribution >= 4 is 23.3 Å². The van der Waals surface area contributed by atoms with E-state index in [1.165, 1.54) is 0 Å². The number of aryl methyl sites for hydroxylation is 1. The van der Waals surface area contributed by atoms with E-state index < -0.39 is 5.54 Å². The van der Waals surface area contributed by atoms with Crippen molar-refractivity contribution in [3.05, 3.63) is 53.7 Å². The van der Waals surface area contributed by atoms with Gasteiger partial charge < -0.3 is 15.5 Å². The molecule has 0 aliphatic carbocycles. The monoisotopic (exact) mass is 364 g/mol. The first-order chi connectivity index (χ1) is 13.0. The Morgan fingerprint density at radius 2 is 1.78 bits per heavy atom. The fourth-order valence-electron chi connectivity index (χ4n) is 4.33. The van der Waals surface area contributed by atoms with E-state index in [1.807, 2.05) is 36.1 Å². The van der Waals surface area contributed by atoms with Crippen molar-refractivity contribution < 1.29 is 9.59 Å². The molecule has 27 heavy (non-hydrogen) atoms. The lowest BCUT2D eigenvalue weighted by Gasteiger charge is -2.44. The minimum absolute atomic E-state index is 0.0207. The van der Waals surface area contributed by atoms with Crippen molar-refractivity contribution in [2.75, 3.05) is 23.7 Å². The molecule has 1 atom stereocenters. The van der Waals surface area contributed by atoms with Gasteiger partial charge in [0.15, 0.2) is 0 Å². The van der Waals surface area contributed by atoms with E-state index >= 15 is 0 Å². The number of nitrogens with zero attached hydrogens (tertiary/aromatic N) is 3. The molecule has 2 aliphatic heterocycles. The molecule has 2 amide bonds. The van der Waals surface area contributed by atoms with Crippen LogP contribution in [0.1, 0.15) is 41.7 Å². The average Bonchev–Trinajstić information content (AvgIpc) is 3.09. The fraction of sp³-hybridized carbons (Fsp3) is 0.381. The fourth-order valence-corrected chi connectivity index (χ4v) is 4.33. The molecule has 6 nitrogen and oxygen atoms in total. The number of hydrogen-bond donors (Lipinski definition) is 1. The van der Waals surface area contributed by atoms with Crippen LogP contribution in [0, 0.1) is 6.92 Å². The molecule has 2 saturated heterocycles. The summed E-state index contributed by atoms with van der Waals surface area (Å²) in [7, 11) is 0.